The lowest BCUT2D eigenvalue weighted by Crippen LogP contribution is -2.26. The highest BCUT2D eigenvalue weighted by Crippen LogP contribution is 2.27. The van der Waals surface area contributed by atoms with E-state index in [1.54, 1.807) is 38.5 Å². The Labute approximate surface area is 166 Å². The molecular weight excluding hydrogens is 356 g/mol. The third-order valence-electron chi connectivity index (χ3n) is 4.37. The van der Waals surface area contributed by atoms with Crippen LogP contribution in [0.2, 0.25) is 0 Å². The normalized spacial score (nSPS) is 10.2. The van der Waals surface area contributed by atoms with Crippen LogP contribution in [0.4, 0.5) is 0 Å². The standard InChI is InChI=1S/C22H28N2O4/c1-4-5-13-23-21(25)17-7-9-18(10-8-17)22(26)24-14-12-16-6-11-19(27-2)20(15-16)28-3/h6-11,15H,4-5,12-14H2,1-3H3,(H,23,25)(H,24,26). The molecule has 0 unspecified atom stereocenters. The van der Waals surface area contributed by atoms with Crippen LogP contribution in [-0.2, 0) is 6.42 Å². The number of methoxy groups -OCH3 is 2. The highest BCUT2D eigenvalue weighted by Gasteiger charge is 2.09. The number of carbonyl (C=O) groups is 2. The molecule has 0 bridgehead atoms. The summed E-state index contributed by atoms with van der Waals surface area (Å²) in [7, 11) is 3.19. The van der Waals surface area contributed by atoms with Gasteiger partial charge < -0.3 is 20.1 Å². The van der Waals surface area contributed by atoms with E-state index in [-0.39, 0.29) is 11.8 Å². The molecule has 2 aromatic rings. The zero-order valence-electron chi connectivity index (χ0n) is 16.7. The lowest BCUT2D eigenvalue weighted by Gasteiger charge is -2.10. The van der Waals surface area contributed by atoms with Gasteiger partial charge in [-0.15, -0.1) is 0 Å². The maximum Gasteiger partial charge on any atom is 0.251 e. The molecule has 6 nitrogen and oxygen atoms in total. The summed E-state index contributed by atoms with van der Waals surface area (Å²) in [5.74, 6) is 1.06. The van der Waals surface area contributed by atoms with Crippen molar-refractivity contribution in [2.45, 2.75) is 26.2 Å². The molecule has 2 N–H and O–H groups in total. The maximum absolute atomic E-state index is 12.3. The van der Waals surface area contributed by atoms with Crippen molar-refractivity contribution in [1.29, 1.82) is 0 Å². The second-order valence-electron chi connectivity index (χ2n) is 6.38. The highest BCUT2D eigenvalue weighted by molar-refractivity contribution is 5.97. The number of hydrogen-bond donors (Lipinski definition) is 2. The summed E-state index contributed by atoms with van der Waals surface area (Å²) in [4.78, 5) is 24.3. The molecule has 0 atom stereocenters. The topological polar surface area (TPSA) is 76.7 Å². The van der Waals surface area contributed by atoms with Gasteiger partial charge in [-0.25, -0.2) is 0 Å². The van der Waals surface area contributed by atoms with E-state index < -0.39 is 0 Å². The fourth-order valence-corrected chi connectivity index (χ4v) is 2.71. The Balaban J connectivity index is 1.85. The van der Waals surface area contributed by atoms with Gasteiger partial charge in [-0.3, -0.25) is 9.59 Å². The summed E-state index contributed by atoms with van der Waals surface area (Å²) in [6, 6.07) is 12.4. The largest absolute Gasteiger partial charge is 0.493 e. The molecule has 0 aliphatic carbocycles. The van der Waals surface area contributed by atoms with Gasteiger partial charge in [0, 0.05) is 24.2 Å². The number of nitrogens with one attached hydrogen (secondary N) is 2. The molecule has 0 fully saturated rings. The van der Waals surface area contributed by atoms with Crippen molar-refractivity contribution in [2.75, 3.05) is 27.3 Å². The molecule has 2 amide bonds. The van der Waals surface area contributed by atoms with E-state index in [0.29, 0.717) is 42.1 Å². The zero-order chi connectivity index (χ0) is 20.4. The number of rotatable bonds is 10. The van der Waals surface area contributed by atoms with Gasteiger partial charge in [0.2, 0.25) is 0 Å². The Morgan fingerprint density at radius 1 is 0.821 bits per heavy atom. The number of benzene rings is 2. The quantitative estimate of drug-likeness (QED) is 0.617. The molecule has 0 saturated heterocycles. The SMILES string of the molecule is CCCCNC(=O)c1ccc(C(=O)NCCc2ccc(OC)c(OC)c2)cc1. The van der Waals surface area contributed by atoms with Crippen LogP contribution in [0, 0.1) is 0 Å². The first kappa shape index (κ1) is 21.3. The molecule has 0 radical (unpaired) electrons. The van der Waals surface area contributed by atoms with Gasteiger partial charge in [0.1, 0.15) is 0 Å². The minimum absolute atomic E-state index is 0.117. The zero-order valence-corrected chi connectivity index (χ0v) is 16.7. The molecule has 0 aliphatic heterocycles. The van der Waals surface area contributed by atoms with Crippen molar-refractivity contribution in [3.05, 3.63) is 59.2 Å². The van der Waals surface area contributed by atoms with Crippen molar-refractivity contribution in [2.24, 2.45) is 0 Å². The first-order valence-corrected chi connectivity index (χ1v) is 9.46. The molecular formula is C22H28N2O4. The van der Waals surface area contributed by atoms with Crippen LogP contribution in [0.5, 0.6) is 11.5 Å². The van der Waals surface area contributed by atoms with Crippen molar-refractivity contribution in [3.63, 3.8) is 0 Å². The third kappa shape index (κ3) is 6.01. The van der Waals surface area contributed by atoms with Crippen LogP contribution in [0.25, 0.3) is 0 Å². The summed E-state index contributed by atoms with van der Waals surface area (Å²) in [5, 5.41) is 5.75. The van der Waals surface area contributed by atoms with Crippen molar-refractivity contribution >= 4 is 11.8 Å². The van der Waals surface area contributed by atoms with Crippen molar-refractivity contribution in [1.82, 2.24) is 10.6 Å². The molecule has 0 saturated carbocycles. The molecule has 0 heterocycles. The van der Waals surface area contributed by atoms with Crippen LogP contribution in [0.3, 0.4) is 0 Å². The lowest BCUT2D eigenvalue weighted by molar-refractivity contribution is 0.0941. The van der Waals surface area contributed by atoms with E-state index >= 15 is 0 Å². The second kappa shape index (κ2) is 11.0. The van der Waals surface area contributed by atoms with Crippen LogP contribution in [0.1, 0.15) is 46.0 Å². The van der Waals surface area contributed by atoms with Gasteiger partial charge in [0.25, 0.3) is 11.8 Å². The Morgan fingerprint density at radius 3 is 1.93 bits per heavy atom. The average molecular weight is 384 g/mol. The molecule has 0 aromatic heterocycles. The predicted octanol–water partition coefficient (Wildman–Crippen LogP) is 3.21. The van der Waals surface area contributed by atoms with E-state index in [4.69, 9.17) is 9.47 Å². The van der Waals surface area contributed by atoms with Gasteiger partial charge in [-0.2, -0.15) is 0 Å². The summed E-state index contributed by atoms with van der Waals surface area (Å²) in [6.45, 7) is 3.23. The fraction of sp³-hybridized carbons (Fsp3) is 0.364. The monoisotopic (exact) mass is 384 g/mol. The summed E-state index contributed by atoms with van der Waals surface area (Å²) in [6.07, 6.45) is 2.65. The number of unbranched alkanes of at least 4 members (excludes halogenated alkanes) is 1. The lowest BCUT2D eigenvalue weighted by atomic mass is 10.1. The average Bonchev–Trinajstić information content (AvgIpc) is 2.73. The molecule has 28 heavy (non-hydrogen) atoms. The Hall–Kier alpha value is -3.02. The van der Waals surface area contributed by atoms with Crippen molar-refractivity contribution < 1.29 is 19.1 Å². The third-order valence-corrected chi connectivity index (χ3v) is 4.37. The van der Waals surface area contributed by atoms with Crippen LogP contribution < -0.4 is 20.1 Å². The van der Waals surface area contributed by atoms with Crippen molar-refractivity contribution in [3.8, 4) is 11.5 Å². The molecule has 2 rings (SSSR count). The van der Waals surface area contributed by atoms with Gasteiger partial charge >= 0.3 is 0 Å². The predicted molar refractivity (Wildman–Crippen MR) is 109 cm³/mol. The van der Waals surface area contributed by atoms with E-state index in [2.05, 4.69) is 17.6 Å². The van der Waals surface area contributed by atoms with Crippen LogP contribution in [0.15, 0.2) is 42.5 Å². The number of carbonyl (C=O) groups excluding carboxylic acids is 2. The first-order chi connectivity index (χ1) is 13.6. The van der Waals surface area contributed by atoms with Gasteiger partial charge in [-0.1, -0.05) is 19.4 Å². The summed E-state index contributed by atoms with van der Waals surface area (Å²) < 4.78 is 10.5. The summed E-state index contributed by atoms with van der Waals surface area (Å²) in [5.41, 5.74) is 2.12. The molecule has 0 aliphatic rings. The van der Waals surface area contributed by atoms with Gasteiger partial charge in [-0.05, 0) is 54.8 Å². The second-order valence-corrected chi connectivity index (χ2v) is 6.38. The molecule has 150 valence electrons. The number of ether oxygens (including phenoxy) is 2. The summed E-state index contributed by atoms with van der Waals surface area (Å²) >= 11 is 0. The van der Waals surface area contributed by atoms with E-state index in [1.807, 2.05) is 18.2 Å². The maximum atomic E-state index is 12.3. The van der Waals surface area contributed by atoms with E-state index in [9.17, 15) is 9.59 Å². The molecule has 6 heteroatoms. The van der Waals surface area contributed by atoms with Gasteiger partial charge in [0.05, 0.1) is 14.2 Å². The molecule has 0 spiro atoms. The first-order valence-electron chi connectivity index (χ1n) is 9.46. The Kier molecular flexibility index (Phi) is 8.34. The highest BCUT2D eigenvalue weighted by atomic mass is 16.5. The van der Waals surface area contributed by atoms with Crippen LogP contribution >= 0.6 is 0 Å². The van der Waals surface area contributed by atoms with Crippen LogP contribution in [-0.4, -0.2) is 39.1 Å². The van der Waals surface area contributed by atoms with Gasteiger partial charge in [0.15, 0.2) is 11.5 Å². The fourth-order valence-electron chi connectivity index (χ4n) is 2.71. The Morgan fingerprint density at radius 2 is 1.39 bits per heavy atom. The van der Waals surface area contributed by atoms with E-state index in [1.165, 1.54) is 0 Å². The smallest absolute Gasteiger partial charge is 0.251 e. The number of hydrogen-bond acceptors (Lipinski definition) is 4. The molecule has 2 aromatic carbocycles. The van der Waals surface area contributed by atoms with E-state index in [0.717, 1.165) is 18.4 Å². The number of amides is 2. The minimum atomic E-state index is -0.168. The Bertz CT molecular complexity index is 788. The minimum Gasteiger partial charge on any atom is -0.493 e.